The van der Waals surface area contributed by atoms with Crippen LogP contribution in [0.4, 0.5) is 11.4 Å². The highest BCUT2D eigenvalue weighted by Gasteiger charge is 2.20. The molecule has 0 aliphatic heterocycles. The molecular weight excluding hydrogens is 280 g/mol. The van der Waals surface area contributed by atoms with Crippen LogP contribution < -0.4 is 10.6 Å². The van der Waals surface area contributed by atoms with E-state index < -0.39 is 5.97 Å². The van der Waals surface area contributed by atoms with E-state index in [4.69, 9.17) is 26.8 Å². The summed E-state index contributed by atoms with van der Waals surface area (Å²) in [5.74, 6) is -0.455. The zero-order valence-electron chi connectivity index (χ0n) is 12.1. The maximum atomic E-state index is 11.9. The van der Waals surface area contributed by atoms with Crippen LogP contribution in [-0.2, 0) is 9.47 Å². The van der Waals surface area contributed by atoms with Gasteiger partial charge in [0, 0.05) is 25.4 Å². The van der Waals surface area contributed by atoms with Crippen LogP contribution in [0.5, 0.6) is 0 Å². The van der Waals surface area contributed by atoms with Gasteiger partial charge in [0.2, 0.25) is 0 Å². The number of rotatable bonds is 7. The molecule has 0 bridgehead atoms. The Morgan fingerprint density at radius 3 is 2.65 bits per heavy atom. The van der Waals surface area contributed by atoms with Crippen molar-refractivity contribution < 1.29 is 14.3 Å². The van der Waals surface area contributed by atoms with Gasteiger partial charge in [0.05, 0.1) is 30.0 Å². The summed E-state index contributed by atoms with van der Waals surface area (Å²) in [5.41, 5.74) is 7.18. The Morgan fingerprint density at radius 2 is 2.10 bits per heavy atom. The lowest BCUT2D eigenvalue weighted by Crippen LogP contribution is -2.29. The Hall–Kier alpha value is -1.46. The van der Waals surface area contributed by atoms with Crippen molar-refractivity contribution in [1.82, 2.24) is 0 Å². The van der Waals surface area contributed by atoms with Crippen LogP contribution in [-0.4, -0.2) is 39.4 Å². The maximum Gasteiger partial charge on any atom is 0.340 e. The van der Waals surface area contributed by atoms with Crippen LogP contribution >= 0.6 is 11.6 Å². The lowest BCUT2D eigenvalue weighted by Gasteiger charge is -2.26. The number of nitrogens with two attached hydrogens (primary N) is 1. The highest BCUT2D eigenvalue weighted by molar-refractivity contribution is 6.34. The number of nitrogens with zero attached hydrogens (tertiary/aromatic N) is 1. The smallest absolute Gasteiger partial charge is 0.340 e. The zero-order valence-corrected chi connectivity index (χ0v) is 12.9. The fourth-order valence-electron chi connectivity index (χ4n) is 1.95. The lowest BCUT2D eigenvalue weighted by molar-refractivity contribution is 0.0601. The van der Waals surface area contributed by atoms with Crippen LogP contribution in [0.1, 0.15) is 24.2 Å². The molecule has 0 spiro atoms. The topological polar surface area (TPSA) is 64.8 Å². The quantitative estimate of drug-likeness (QED) is 0.476. The second-order valence-corrected chi connectivity index (χ2v) is 4.57. The summed E-state index contributed by atoms with van der Waals surface area (Å²) in [6.45, 7) is 6.47. The van der Waals surface area contributed by atoms with E-state index in [1.807, 2.05) is 18.7 Å². The number of hydrogen-bond acceptors (Lipinski definition) is 5. The molecular formula is C14H21ClN2O3. The summed E-state index contributed by atoms with van der Waals surface area (Å²) in [6, 6.07) is 3.21. The van der Waals surface area contributed by atoms with Crippen molar-refractivity contribution in [3.05, 3.63) is 22.7 Å². The number of anilines is 2. The summed E-state index contributed by atoms with van der Waals surface area (Å²) in [6.07, 6.45) is 0. The Morgan fingerprint density at radius 1 is 1.40 bits per heavy atom. The second-order valence-electron chi connectivity index (χ2n) is 4.17. The average molecular weight is 301 g/mol. The molecule has 0 heterocycles. The lowest BCUT2D eigenvalue weighted by atomic mass is 10.1. The largest absolute Gasteiger partial charge is 0.465 e. The van der Waals surface area contributed by atoms with Crippen molar-refractivity contribution in [3.63, 3.8) is 0 Å². The number of nitrogen functional groups attached to an aromatic ring is 1. The third kappa shape index (κ3) is 4.02. The van der Waals surface area contributed by atoms with Crippen molar-refractivity contribution >= 4 is 28.9 Å². The van der Waals surface area contributed by atoms with Crippen molar-refractivity contribution in [2.45, 2.75) is 13.8 Å². The number of benzene rings is 1. The van der Waals surface area contributed by atoms with E-state index in [2.05, 4.69) is 0 Å². The molecule has 6 heteroatoms. The van der Waals surface area contributed by atoms with E-state index in [0.717, 1.165) is 0 Å². The highest BCUT2D eigenvalue weighted by atomic mass is 35.5. The van der Waals surface area contributed by atoms with Crippen LogP contribution in [0.2, 0.25) is 5.02 Å². The Balaban J connectivity index is 3.15. The monoisotopic (exact) mass is 300 g/mol. The predicted octanol–water partition coefficient (Wildman–Crippen LogP) is 2.57. The number of carbonyl (C=O) groups excluding carboxylic acids is 1. The van der Waals surface area contributed by atoms with Crippen molar-refractivity contribution in [1.29, 1.82) is 0 Å². The summed E-state index contributed by atoms with van der Waals surface area (Å²) >= 11 is 6.25. The van der Waals surface area contributed by atoms with E-state index in [9.17, 15) is 4.79 Å². The number of likely N-dealkylation sites (N-methyl/N-ethyl adjacent to an activating group) is 1. The standard InChI is InChI=1S/C14H21ClN2O3/c1-4-17(6-7-20-5-2)13-11(14(18)19-3)8-10(16)9-12(13)15/h8-9H,4-7,16H2,1-3H3. The van der Waals surface area contributed by atoms with Gasteiger partial charge in [-0.1, -0.05) is 11.6 Å². The summed E-state index contributed by atoms with van der Waals surface area (Å²) in [4.78, 5) is 13.9. The molecule has 2 N–H and O–H groups in total. The molecule has 0 aliphatic rings. The fraction of sp³-hybridized carbons (Fsp3) is 0.500. The molecule has 1 rings (SSSR count). The normalized spacial score (nSPS) is 10.4. The van der Waals surface area contributed by atoms with Gasteiger partial charge >= 0.3 is 5.97 Å². The molecule has 0 saturated carbocycles. The van der Waals surface area contributed by atoms with Crippen LogP contribution in [0.15, 0.2) is 12.1 Å². The van der Waals surface area contributed by atoms with Crippen LogP contribution in [0, 0.1) is 0 Å². The van der Waals surface area contributed by atoms with Crippen molar-refractivity contribution in [3.8, 4) is 0 Å². The van der Waals surface area contributed by atoms with Gasteiger partial charge in [-0.05, 0) is 26.0 Å². The molecule has 0 atom stereocenters. The number of halogens is 1. The van der Waals surface area contributed by atoms with E-state index in [0.29, 0.717) is 48.3 Å². The van der Waals surface area contributed by atoms with Crippen molar-refractivity contribution in [2.75, 3.05) is 44.0 Å². The molecule has 20 heavy (non-hydrogen) atoms. The number of hydrogen-bond donors (Lipinski definition) is 1. The molecule has 0 amide bonds. The summed E-state index contributed by atoms with van der Waals surface area (Å²) in [7, 11) is 1.33. The predicted molar refractivity (Wildman–Crippen MR) is 81.6 cm³/mol. The number of carbonyl (C=O) groups is 1. The average Bonchev–Trinajstić information content (AvgIpc) is 2.43. The third-order valence-electron chi connectivity index (χ3n) is 2.90. The number of esters is 1. The third-order valence-corrected chi connectivity index (χ3v) is 3.19. The van der Waals surface area contributed by atoms with E-state index in [1.165, 1.54) is 7.11 Å². The molecule has 1 aromatic carbocycles. The first-order valence-electron chi connectivity index (χ1n) is 6.55. The van der Waals surface area contributed by atoms with Gasteiger partial charge in [0.15, 0.2) is 0 Å². The number of methoxy groups -OCH3 is 1. The van der Waals surface area contributed by atoms with Gasteiger partial charge in [-0.15, -0.1) is 0 Å². The molecule has 0 unspecified atom stereocenters. The van der Waals surface area contributed by atoms with Gasteiger partial charge in [-0.3, -0.25) is 0 Å². The molecule has 112 valence electrons. The zero-order chi connectivity index (χ0) is 15.1. The van der Waals surface area contributed by atoms with Crippen LogP contribution in [0.25, 0.3) is 0 Å². The fourth-order valence-corrected chi connectivity index (χ4v) is 2.30. The highest BCUT2D eigenvalue weighted by Crippen LogP contribution is 2.33. The van der Waals surface area contributed by atoms with E-state index in [1.54, 1.807) is 12.1 Å². The first-order chi connectivity index (χ1) is 9.54. The first-order valence-corrected chi connectivity index (χ1v) is 6.92. The Kier molecular flexibility index (Phi) is 6.61. The van der Waals surface area contributed by atoms with Gasteiger partial charge in [-0.2, -0.15) is 0 Å². The minimum atomic E-state index is -0.455. The minimum absolute atomic E-state index is 0.371. The maximum absolute atomic E-state index is 11.9. The molecule has 5 nitrogen and oxygen atoms in total. The van der Waals surface area contributed by atoms with E-state index >= 15 is 0 Å². The Bertz CT molecular complexity index is 466. The summed E-state index contributed by atoms with van der Waals surface area (Å²) in [5, 5.41) is 0.434. The molecule has 0 saturated heterocycles. The second kappa shape index (κ2) is 7.97. The number of ether oxygens (including phenoxy) is 2. The molecule has 0 aromatic heterocycles. The van der Waals surface area contributed by atoms with Gasteiger partial charge in [0.25, 0.3) is 0 Å². The summed E-state index contributed by atoms with van der Waals surface area (Å²) < 4.78 is 10.1. The van der Waals surface area contributed by atoms with Gasteiger partial charge < -0.3 is 20.1 Å². The first kappa shape index (κ1) is 16.6. The van der Waals surface area contributed by atoms with Gasteiger partial charge in [0.1, 0.15) is 0 Å². The van der Waals surface area contributed by atoms with Crippen LogP contribution in [0.3, 0.4) is 0 Å². The molecule has 1 aromatic rings. The Labute approximate surface area is 124 Å². The molecule has 0 radical (unpaired) electrons. The van der Waals surface area contributed by atoms with Gasteiger partial charge in [-0.25, -0.2) is 4.79 Å². The molecule has 0 aliphatic carbocycles. The SMILES string of the molecule is CCOCCN(CC)c1c(Cl)cc(N)cc1C(=O)OC. The van der Waals surface area contributed by atoms with Crippen molar-refractivity contribution in [2.24, 2.45) is 0 Å². The van der Waals surface area contributed by atoms with E-state index in [-0.39, 0.29) is 0 Å². The molecule has 0 fully saturated rings. The minimum Gasteiger partial charge on any atom is -0.465 e.